The van der Waals surface area contributed by atoms with Crippen molar-refractivity contribution in [3.63, 3.8) is 0 Å². The van der Waals surface area contributed by atoms with E-state index in [9.17, 15) is 0 Å². The third-order valence-corrected chi connectivity index (χ3v) is 11.1. The number of hydrogen-bond donors (Lipinski definition) is 0. The van der Waals surface area contributed by atoms with Gasteiger partial charge in [0, 0.05) is 26.8 Å². The molecule has 0 atom stereocenters. The van der Waals surface area contributed by atoms with Crippen LogP contribution in [0.15, 0.2) is 176 Å². The molecule has 0 saturated heterocycles. The number of thiophene rings is 1. The van der Waals surface area contributed by atoms with Gasteiger partial charge in [-0.15, -0.1) is 11.3 Å². The second-order valence-corrected chi connectivity index (χ2v) is 13.5. The van der Waals surface area contributed by atoms with Gasteiger partial charge >= 0.3 is 0 Å². The molecule has 48 heavy (non-hydrogen) atoms. The molecule has 1 heterocycles. The van der Waals surface area contributed by atoms with Crippen LogP contribution in [0.25, 0.3) is 74.4 Å². The molecule has 2 heteroatoms. The van der Waals surface area contributed by atoms with E-state index in [1.54, 1.807) is 0 Å². The predicted octanol–water partition coefficient (Wildman–Crippen LogP) is 13.8. The summed E-state index contributed by atoms with van der Waals surface area (Å²) in [5.74, 6) is 0. The minimum atomic E-state index is 1.14. The van der Waals surface area contributed by atoms with Crippen molar-refractivity contribution in [2.24, 2.45) is 0 Å². The van der Waals surface area contributed by atoms with Crippen molar-refractivity contribution in [1.82, 2.24) is 0 Å². The number of hydrogen-bond acceptors (Lipinski definition) is 2. The van der Waals surface area contributed by atoms with E-state index in [0.29, 0.717) is 0 Å². The van der Waals surface area contributed by atoms with E-state index in [0.717, 1.165) is 11.4 Å². The van der Waals surface area contributed by atoms with E-state index in [2.05, 4.69) is 181 Å². The lowest BCUT2D eigenvalue weighted by molar-refractivity contribution is 1.31. The highest BCUT2D eigenvalue weighted by Crippen LogP contribution is 2.47. The van der Waals surface area contributed by atoms with Crippen LogP contribution in [0.2, 0.25) is 0 Å². The topological polar surface area (TPSA) is 3.24 Å². The second kappa shape index (κ2) is 10.8. The molecule has 0 bridgehead atoms. The van der Waals surface area contributed by atoms with Crippen molar-refractivity contribution in [2.45, 2.75) is 0 Å². The first-order valence-corrected chi connectivity index (χ1v) is 17.2. The lowest BCUT2D eigenvalue weighted by atomic mass is 9.96. The zero-order valence-electron chi connectivity index (χ0n) is 26.1. The summed E-state index contributed by atoms with van der Waals surface area (Å²) in [6, 6.07) is 64.5. The quantitative estimate of drug-likeness (QED) is 0.176. The number of benzene rings is 9. The van der Waals surface area contributed by atoms with Crippen molar-refractivity contribution in [3.8, 4) is 11.1 Å². The molecule has 224 valence electrons. The summed E-state index contributed by atoms with van der Waals surface area (Å²) in [7, 11) is 0. The Balaban J connectivity index is 1.23. The van der Waals surface area contributed by atoms with Crippen LogP contribution in [0.5, 0.6) is 0 Å². The fraction of sp³-hybridized carbons (Fsp3) is 0. The summed E-state index contributed by atoms with van der Waals surface area (Å²) >= 11 is 1.90. The Kier molecular flexibility index (Phi) is 6.12. The van der Waals surface area contributed by atoms with Gasteiger partial charge in [-0.2, -0.15) is 0 Å². The maximum absolute atomic E-state index is 2.45. The van der Waals surface area contributed by atoms with Crippen LogP contribution in [0.3, 0.4) is 0 Å². The lowest BCUT2D eigenvalue weighted by Gasteiger charge is -2.27. The molecule has 0 spiro atoms. The standard InChI is InChI=1S/C46H29NS/c1-2-10-30(11-3-1)33-14-8-15-35(28-33)47(44-19-9-18-42-43-26-21-32-13-5-7-17-39(32)45(43)48-46(42)44)36-23-27-38-34(29-36)22-25-40-37-16-6-4-12-31(37)20-24-41(38)40/h1-29H. The van der Waals surface area contributed by atoms with E-state index < -0.39 is 0 Å². The summed E-state index contributed by atoms with van der Waals surface area (Å²) in [5, 5.41) is 12.8. The first kappa shape index (κ1) is 27.2. The van der Waals surface area contributed by atoms with Gasteiger partial charge in [-0.1, -0.05) is 146 Å². The molecule has 9 aromatic carbocycles. The molecule has 0 fully saturated rings. The van der Waals surface area contributed by atoms with E-state index in [1.165, 1.54) is 80.1 Å². The van der Waals surface area contributed by atoms with Crippen LogP contribution in [0.1, 0.15) is 0 Å². The molecule has 0 aliphatic rings. The Bertz CT molecular complexity index is 2850. The average molecular weight is 628 g/mol. The summed E-state index contributed by atoms with van der Waals surface area (Å²) in [4.78, 5) is 2.45. The van der Waals surface area contributed by atoms with E-state index in [4.69, 9.17) is 0 Å². The van der Waals surface area contributed by atoms with Gasteiger partial charge < -0.3 is 4.90 Å². The van der Waals surface area contributed by atoms with Crippen LogP contribution in [0, 0.1) is 0 Å². The van der Waals surface area contributed by atoms with Gasteiger partial charge in [-0.05, 0) is 84.5 Å². The molecule has 0 radical (unpaired) electrons. The second-order valence-electron chi connectivity index (χ2n) is 12.5. The molecular formula is C46H29NS. The Hall–Kier alpha value is -5.96. The molecule has 0 saturated carbocycles. The minimum Gasteiger partial charge on any atom is -0.309 e. The van der Waals surface area contributed by atoms with Gasteiger partial charge in [0.1, 0.15) is 0 Å². The molecule has 1 aromatic heterocycles. The van der Waals surface area contributed by atoms with Crippen LogP contribution < -0.4 is 4.90 Å². The third kappa shape index (κ3) is 4.24. The molecule has 0 aliphatic heterocycles. The van der Waals surface area contributed by atoms with E-state index >= 15 is 0 Å². The molecule has 0 N–H and O–H groups in total. The summed E-state index contributed by atoms with van der Waals surface area (Å²) in [6.45, 7) is 0. The molecule has 10 aromatic rings. The largest absolute Gasteiger partial charge is 0.309 e. The third-order valence-electron chi connectivity index (χ3n) is 9.80. The SMILES string of the molecule is c1ccc(-c2cccc(N(c3ccc4c(ccc5c6ccccc6ccc45)c3)c3cccc4c3sc3c5ccccc5ccc43)c2)cc1. The highest BCUT2D eigenvalue weighted by molar-refractivity contribution is 7.27. The molecule has 1 nitrogen and oxygen atoms in total. The lowest BCUT2D eigenvalue weighted by Crippen LogP contribution is -2.10. The summed E-state index contributed by atoms with van der Waals surface area (Å²) in [6.07, 6.45) is 0. The Labute approximate surface area is 282 Å². The molecular weight excluding hydrogens is 599 g/mol. The minimum absolute atomic E-state index is 1.14. The molecule has 0 unspecified atom stereocenters. The molecule has 0 amide bonds. The highest BCUT2D eigenvalue weighted by atomic mass is 32.1. The van der Waals surface area contributed by atoms with Gasteiger partial charge in [0.2, 0.25) is 0 Å². The van der Waals surface area contributed by atoms with Crippen LogP contribution in [-0.2, 0) is 0 Å². The predicted molar refractivity (Wildman–Crippen MR) is 209 cm³/mol. The molecule has 0 aliphatic carbocycles. The van der Waals surface area contributed by atoms with E-state index in [-0.39, 0.29) is 0 Å². The van der Waals surface area contributed by atoms with Crippen molar-refractivity contribution in [3.05, 3.63) is 176 Å². The van der Waals surface area contributed by atoms with Crippen molar-refractivity contribution in [2.75, 3.05) is 4.90 Å². The number of rotatable bonds is 4. The highest BCUT2D eigenvalue weighted by Gasteiger charge is 2.20. The van der Waals surface area contributed by atoms with Gasteiger partial charge in [-0.3, -0.25) is 0 Å². The van der Waals surface area contributed by atoms with Gasteiger partial charge in [0.25, 0.3) is 0 Å². The molecule has 10 rings (SSSR count). The first-order valence-electron chi connectivity index (χ1n) is 16.4. The Morgan fingerprint density at radius 3 is 1.71 bits per heavy atom. The zero-order chi connectivity index (χ0) is 31.6. The fourth-order valence-corrected chi connectivity index (χ4v) is 8.87. The monoisotopic (exact) mass is 627 g/mol. The normalized spacial score (nSPS) is 11.8. The fourth-order valence-electron chi connectivity index (χ4n) is 7.53. The van der Waals surface area contributed by atoms with Crippen LogP contribution in [-0.4, -0.2) is 0 Å². The van der Waals surface area contributed by atoms with Gasteiger partial charge in [0.15, 0.2) is 0 Å². The summed E-state index contributed by atoms with van der Waals surface area (Å²) in [5.41, 5.74) is 5.88. The number of nitrogens with zero attached hydrogens (tertiary/aromatic N) is 1. The van der Waals surface area contributed by atoms with Crippen molar-refractivity contribution in [1.29, 1.82) is 0 Å². The summed E-state index contributed by atoms with van der Waals surface area (Å²) < 4.78 is 2.63. The Morgan fingerprint density at radius 1 is 0.312 bits per heavy atom. The zero-order valence-corrected chi connectivity index (χ0v) is 26.9. The van der Waals surface area contributed by atoms with Crippen LogP contribution >= 0.6 is 11.3 Å². The Morgan fingerprint density at radius 2 is 0.875 bits per heavy atom. The van der Waals surface area contributed by atoms with Crippen molar-refractivity contribution < 1.29 is 0 Å². The van der Waals surface area contributed by atoms with Gasteiger partial charge in [-0.25, -0.2) is 0 Å². The average Bonchev–Trinajstić information content (AvgIpc) is 3.55. The smallest absolute Gasteiger partial charge is 0.0640 e. The number of anilines is 3. The maximum Gasteiger partial charge on any atom is 0.0640 e. The number of fused-ring (bicyclic) bond motifs is 10. The van der Waals surface area contributed by atoms with Crippen molar-refractivity contribution >= 4 is 91.7 Å². The maximum atomic E-state index is 2.45. The van der Waals surface area contributed by atoms with Gasteiger partial charge in [0.05, 0.1) is 10.4 Å². The van der Waals surface area contributed by atoms with E-state index in [1.807, 2.05) is 11.3 Å². The van der Waals surface area contributed by atoms with Crippen LogP contribution in [0.4, 0.5) is 17.1 Å². The first-order chi connectivity index (χ1) is 23.8.